The number of benzene rings is 1. The fraction of sp³-hybridized carbons (Fsp3) is 0.533. The summed E-state index contributed by atoms with van der Waals surface area (Å²) in [4.78, 5) is 14.3. The van der Waals surface area contributed by atoms with Gasteiger partial charge in [-0.15, -0.1) is 0 Å². The molecule has 2 fully saturated rings. The van der Waals surface area contributed by atoms with E-state index in [-0.39, 0.29) is 17.6 Å². The van der Waals surface area contributed by atoms with Crippen LogP contribution in [0.5, 0.6) is 0 Å². The zero-order valence-corrected chi connectivity index (χ0v) is 10.9. The van der Waals surface area contributed by atoms with Crippen LogP contribution in [0.2, 0.25) is 0 Å². The lowest BCUT2D eigenvalue weighted by atomic mass is 10.0. The molecule has 1 aromatic carbocycles. The van der Waals surface area contributed by atoms with Gasteiger partial charge in [0.15, 0.2) is 0 Å². The minimum absolute atomic E-state index is 0.138. The van der Waals surface area contributed by atoms with Crippen LogP contribution in [0.25, 0.3) is 0 Å². The fourth-order valence-electron chi connectivity index (χ4n) is 2.38. The van der Waals surface area contributed by atoms with Crippen LogP contribution in [0.3, 0.4) is 0 Å². The zero-order chi connectivity index (χ0) is 13.2. The number of nitrogens with one attached hydrogen (secondary N) is 1. The third-order valence-electron chi connectivity index (χ3n) is 3.90. The van der Waals surface area contributed by atoms with Crippen LogP contribution in [0.15, 0.2) is 24.3 Å². The summed E-state index contributed by atoms with van der Waals surface area (Å²) in [5.74, 6) is 0.832. The van der Waals surface area contributed by atoms with Crippen LogP contribution in [-0.2, 0) is 11.3 Å². The molecular formula is C15H19FN2O. The maximum Gasteiger partial charge on any atom is 0.228 e. The fourth-order valence-corrected chi connectivity index (χ4v) is 2.38. The molecule has 1 aromatic rings. The van der Waals surface area contributed by atoms with Crippen LogP contribution in [0.4, 0.5) is 4.39 Å². The lowest BCUT2D eigenvalue weighted by Crippen LogP contribution is -2.52. The normalized spacial score (nSPS) is 19.0. The van der Waals surface area contributed by atoms with Gasteiger partial charge in [0.05, 0.1) is 5.92 Å². The molecule has 4 heteroatoms. The second kappa shape index (κ2) is 5.29. The number of halogens is 1. The maximum absolute atomic E-state index is 12.9. The third-order valence-corrected chi connectivity index (χ3v) is 3.90. The standard InChI is InChI=1S/C15H19FN2O/c16-14-5-3-12(4-6-14)10-18(9-11-1-2-11)15(19)13-7-17-8-13/h3-6,11,13,17H,1-2,7-10H2. The molecule has 19 heavy (non-hydrogen) atoms. The molecule has 1 saturated carbocycles. The number of nitrogens with zero attached hydrogens (tertiary/aromatic N) is 1. The molecule has 0 aromatic heterocycles. The molecule has 2 aliphatic rings. The van der Waals surface area contributed by atoms with Gasteiger partial charge in [0.2, 0.25) is 5.91 Å². The van der Waals surface area contributed by atoms with Crippen molar-refractivity contribution in [1.29, 1.82) is 0 Å². The van der Waals surface area contributed by atoms with E-state index in [0.717, 1.165) is 25.2 Å². The molecule has 1 amide bonds. The molecule has 1 saturated heterocycles. The molecule has 1 aliphatic heterocycles. The van der Waals surface area contributed by atoms with Gasteiger partial charge in [-0.2, -0.15) is 0 Å². The van der Waals surface area contributed by atoms with Crippen LogP contribution < -0.4 is 5.32 Å². The summed E-state index contributed by atoms with van der Waals surface area (Å²) >= 11 is 0. The highest BCUT2D eigenvalue weighted by Crippen LogP contribution is 2.31. The van der Waals surface area contributed by atoms with Gasteiger partial charge in [-0.05, 0) is 36.5 Å². The molecule has 0 atom stereocenters. The predicted molar refractivity (Wildman–Crippen MR) is 70.9 cm³/mol. The van der Waals surface area contributed by atoms with Crippen molar-refractivity contribution in [2.75, 3.05) is 19.6 Å². The van der Waals surface area contributed by atoms with Gasteiger partial charge in [-0.3, -0.25) is 4.79 Å². The van der Waals surface area contributed by atoms with E-state index in [4.69, 9.17) is 0 Å². The average Bonchev–Trinajstić information content (AvgIpc) is 3.13. The van der Waals surface area contributed by atoms with Crippen molar-refractivity contribution in [2.45, 2.75) is 19.4 Å². The van der Waals surface area contributed by atoms with Gasteiger partial charge in [0.25, 0.3) is 0 Å². The summed E-state index contributed by atoms with van der Waals surface area (Å²) < 4.78 is 12.9. The van der Waals surface area contributed by atoms with E-state index in [1.54, 1.807) is 12.1 Å². The monoisotopic (exact) mass is 262 g/mol. The summed E-state index contributed by atoms with van der Waals surface area (Å²) in [7, 11) is 0. The van der Waals surface area contributed by atoms with E-state index in [1.165, 1.54) is 25.0 Å². The van der Waals surface area contributed by atoms with Crippen LogP contribution in [0.1, 0.15) is 18.4 Å². The summed E-state index contributed by atoms with van der Waals surface area (Å²) in [5.41, 5.74) is 1.00. The first-order chi connectivity index (χ1) is 9.22. The lowest BCUT2D eigenvalue weighted by Gasteiger charge is -2.32. The highest BCUT2D eigenvalue weighted by molar-refractivity contribution is 5.80. The maximum atomic E-state index is 12.9. The van der Waals surface area contributed by atoms with Crippen molar-refractivity contribution >= 4 is 5.91 Å². The average molecular weight is 262 g/mol. The van der Waals surface area contributed by atoms with Crippen molar-refractivity contribution < 1.29 is 9.18 Å². The van der Waals surface area contributed by atoms with E-state index < -0.39 is 0 Å². The Kier molecular flexibility index (Phi) is 3.51. The minimum atomic E-state index is -0.230. The largest absolute Gasteiger partial charge is 0.338 e. The van der Waals surface area contributed by atoms with Crippen molar-refractivity contribution in [3.63, 3.8) is 0 Å². The number of rotatable bonds is 5. The second-order valence-electron chi connectivity index (χ2n) is 5.64. The number of carbonyl (C=O) groups excluding carboxylic acids is 1. The summed E-state index contributed by atoms with van der Waals surface area (Å²) in [6.07, 6.45) is 2.46. The molecule has 0 unspecified atom stereocenters. The van der Waals surface area contributed by atoms with Crippen LogP contribution >= 0.6 is 0 Å². The Hall–Kier alpha value is -1.42. The Morgan fingerprint density at radius 3 is 2.47 bits per heavy atom. The number of amides is 1. The Labute approximate surface area is 112 Å². The zero-order valence-electron chi connectivity index (χ0n) is 10.9. The van der Waals surface area contributed by atoms with Crippen molar-refractivity contribution in [3.8, 4) is 0 Å². The molecule has 0 bridgehead atoms. The smallest absolute Gasteiger partial charge is 0.228 e. The van der Waals surface area contributed by atoms with Crippen molar-refractivity contribution in [1.82, 2.24) is 10.2 Å². The Balaban J connectivity index is 1.66. The van der Waals surface area contributed by atoms with E-state index in [9.17, 15) is 9.18 Å². The van der Waals surface area contributed by atoms with Gasteiger partial charge in [-0.1, -0.05) is 12.1 Å². The Bertz CT molecular complexity index is 452. The quantitative estimate of drug-likeness (QED) is 0.877. The first-order valence-electron chi connectivity index (χ1n) is 6.96. The second-order valence-corrected chi connectivity index (χ2v) is 5.64. The van der Waals surface area contributed by atoms with Crippen LogP contribution in [0, 0.1) is 17.7 Å². The predicted octanol–water partition coefficient (Wildman–Crippen LogP) is 1.78. The molecule has 1 N–H and O–H groups in total. The Morgan fingerprint density at radius 2 is 1.95 bits per heavy atom. The van der Waals surface area contributed by atoms with E-state index in [0.29, 0.717) is 12.5 Å². The SMILES string of the molecule is O=C(C1CNC1)N(Cc1ccc(F)cc1)CC1CC1. The number of hydrogen-bond acceptors (Lipinski definition) is 2. The molecule has 1 heterocycles. The molecule has 102 valence electrons. The van der Waals surface area contributed by atoms with Crippen LogP contribution in [-0.4, -0.2) is 30.4 Å². The summed E-state index contributed by atoms with van der Waals surface area (Å²) in [5, 5.41) is 3.14. The summed E-state index contributed by atoms with van der Waals surface area (Å²) in [6, 6.07) is 6.45. The molecule has 0 spiro atoms. The first kappa shape index (κ1) is 12.6. The van der Waals surface area contributed by atoms with Crippen molar-refractivity contribution in [3.05, 3.63) is 35.6 Å². The Morgan fingerprint density at radius 1 is 1.26 bits per heavy atom. The summed E-state index contributed by atoms with van der Waals surface area (Å²) in [6.45, 7) is 3.05. The first-order valence-corrected chi connectivity index (χ1v) is 6.96. The van der Waals surface area contributed by atoms with E-state index >= 15 is 0 Å². The van der Waals surface area contributed by atoms with Gasteiger partial charge < -0.3 is 10.2 Å². The van der Waals surface area contributed by atoms with Crippen molar-refractivity contribution in [2.24, 2.45) is 11.8 Å². The minimum Gasteiger partial charge on any atom is -0.338 e. The lowest BCUT2D eigenvalue weighted by molar-refractivity contribution is -0.138. The molecular weight excluding hydrogens is 243 g/mol. The van der Waals surface area contributed by atoms with Gasteiger partial charge in [0.1, 0.15) is 5.82 Å². The third kappa shape index (κ3) is 3.13. The highest BCUT2D eigenvalue weighted by atomic mass is 19.1. The van der Waals surface area contributed by atoms with Gasteiger partial charge in [0, 0.05) is 26.2 Å². The molecule has 3 rings (SSSR count). The molecule has 1 aliphatic carbocycles. The topological polar surface area (TPSA) is 32.3 Å². The molecule has 3 nitrogen and oxygen atoms in total. The number of carbonyl (C=O) groups is 1. The molecule has 0 radical (unpaired) electrons. The highest BCUT2D eigenvalue weighted by Gasteiger charge is 2.32. The number of hydrogen-bond donors (Lipinski definition) is 1. The van der Waals surface area contributed by atoms with Gasteiger partial charge >= 0.3 is 0 Å². The van der Waals surface area contributed by atoms with E-state index in [1.807, 2.05) is 4.90 Å². The van der Waals surface area contributed by atoms with E-state index in [2.05, 4.69) is 5.32 Å². The van der Waals surface area contributed by atoms with Gasteiger partial charge in [-0.25, -0.2) is 4.39 Å².